The van der Waals surface area contributed by atoms with E-state index in [-0.39, 0.29) is 16.2 Å². The molecule has 1 saturated carbocycles. The fourth-order valence-corrected chi connectivity index (χ4v) is 7.54. The first kappa shape index (κ1) is 31.0. The summed E-state index contributed by atoms with van der Waals surface area (Å²) in [5.74, 6) is 0.868. The third-order valence-corrected chi connectivity index (χ3v) is 10.3. The zero-order chi connectivity index (χ0) is 30.8. The molecule has 44 heavy (non-hydrogen) atoms. The summed E-state index contributed by atoms with van der Waals surface area (Å²) in [5, 5.41) is 0.0687. The maximum absolute atomic E-state index is 14.9. The molecule has 3 aromatic rings. The van der Waals surface area contributed by atoms with Gasteiger partial charge in [0.25, 0.3) is 5.56 Å². The van der Waals surface area contributed by atoms with Gasteiger partial charge in [-0.05, 0) is 69.0 Å². The van der Waals surface area contributed by atoms with Crippen molar-refractivity contribution in [2.75, 3.05) is 63.1 Å². The molecule has 3 aliphatic rings. The standard InChI is InChI=1S/C31H38F4N6O2S/c32-26-15-24(43-17-20-13-23(14-20)41-11-9-40(10-12-41)22-3-1-21(36)2-4-22)16-27-29(26)30(42)38-28(37-27)18-44-25-5-7-39(8-6-25)19-31(33,34)35/h1-4,15-16,20,23,25H,5-14,17-19,36H2,(H,37,38,42)/t20-,23-. The van der Waals surface area contributed by atoms with Gasteiger partial charge in [0.15, 0.2) is 0 Å². The maximum atomic E-state index is 14.9. The number of hydrogen-bond acceptors (Lipinski definition) is 8. The minimum absolute atomic E-state index is 0.103. The predicted molar refractivity (Wildman–Crippen MR) is 166 cm³/mol. The van der Waals surface area contributed by atoms with Gasteiger partial charge in [-0.15, -0.1) is 0 Å². The molecular weight excluding hydrogens is 596 g/mol. The van der Waals surface area contributed by atoms with Crippen LogP contribution in [0.4, 0.5) is 28.9 Å². The highest BCUT2D eigenvalue weighted by molar-refractivity contribution is 7.99. The first-order chi connectivity index (χ1) is 21.1. The Hall–Kier alpha value is -3.03. The van der Waals surface area contributed by atoms with Crippen molar-refractivity contribution in [3.05, 3.63) is 58.4 Å². The number of thioether (sulfide) groups is 1. The third-order valence-electron chi connectivity index (χ3n) is 8.96. The summed E-state index contributed by atoms with van der Waals surface area (Å²) in [6, 6.07) is 11.4. The van der Waals surface area contributed by atoms with E-state index < -0.39 is 24.1 Å². The van der Waals surface area contributed by atoms with Crippen molar-refractivity contribution < 1.29 is 22.3 Å². The number of halogens is 4. The van der Waals surface area contributed by atoms with Gasteiger partial charge in [-0.3, -0.25) is 14.6 Å². The number of alkyl halides is 3. The number of H-pyrrole nitrogens is 1. The number of nitrogen functional groups attached to an aromatic ring is 1. The van der Waals surface area contributed by atoms with E-state index in [1.54, 1.807) is 17.8 Å². The number of benzene rings is 2. The lowest BCUT2D eigenvalue weighted by Crippen LogP contribution is -2.54. The van der Waals surface area contributed by atoms with E-state index in [0.717, 1.165) is 44.7 Å². The smallest absolute Gasteiger partial charge is 0.401 e. The number of aromatic nitrogens is 2. The summed E-state index contributed by atoms with van der Waals surface area (Å²) in [6.45, 7) is 4.34. The number of nitrogens with one attached hydrogen (secondary N) is 1. The molecule has 2 aliphatic heterocycles. The molecule has 3 heterocycles. The molecule has 2 saturated heterocycles. The molecule has 0 amide bonds. The molecule has 8 nitrogen and oxygen atoms in total. The summed E-state index contributed by atoms with van der Waals surface area (Å²) < 4.78 is 58.9. The number of nitrogens with zero attached hydrogens (tertiary/aromatic N) is 4. The van der Waals surface area contributed by atoms with Crippen LogP contribution in [0.2, 0.25) is 0 Å². The Morgan fingerprint density at radius 2 is 1.73 bits per heavy atom. The largest absolute Gasteiger partial charge is 0.493 e. The number of aromatic amines is 1. The van der Waals surface area contributed by atoms with Crippen molar-refractivity contribution in [1.82, 2.24) is 19.8 Å². The van der Waals surface area contributed by atoms with Crippen molar-refractivity contribution in [2.45, 2.75) is 48.9 Å². The highest BCUT2D eigenvalue weighted by Gasteiger charge is 2.36. The summed E-state index contributed by atoms with van der Waals surface area (Å²) in [6.07, 6.45) is -0.860. The molecule has 1 aromatic heterocycles. The number of fused-ring (bicyclic) bond motifs is 1. The minimum atomic E-state index is -4.19. The van der Waals surface area contributed by atoms with Gasteiger partial charge >= 0.3 is 6.18 Å². The summed E-state index contributed by atoms with van der Waals surface area (Å²) in [5.41, 5.74) is 7.48. The fourth-order valence-electron chi connectivity index (χ4n) is 6.46. The second kappa shape index (κ2) is 13.1. The Balaban J connectivity index is 0.973. The average Bonchev–Trinajstić information content (AvgIpc) is 2.95. The van der Waals surface area contributed by atoms with E-state index in [2.05, 4.69) is 31.9 Å². The number of rotatable bonds is 9. The van der Waals surface area contributed by atoms with E-state index in [0.29, 0.717) is 61.8 Å². The molecule has 6 rings (SSSR count). The van der Waals surface area contributed by atoms with Crippen molar-refractivity contribution in [3.63, 3.8) is 0 Å². The number of piperazine rings is 1. The van der Waals surface area contributed by atoms with Gasteiger partial charge in [0.05, 0.1) is 24.4 Å². The molecule has 0 bridgehead atoms. The van der Waals surface area contributed by atoms with Crippen LogP contribution in [0.5, 0.6) is 5.75 Å². The molecule has 0 radical (unpaired) electrons. The van der Waals surface area contributed by atoms with Gasteiger partial charge in [0.2, 0.25) is 0 Å². The van der Waals surface area contributed by atoms with Crippen molar-refractivity contribution in [3.8, 4) is 5.75 Å². The Morgan fingerprint density at radius 3 is 2.41 bits per heavy atom. The Kier molecular flexibility index (Phi) is 9.25. The number of nitrogens with two attached hydrogens (primary N) is 1. The first-order valence-corrected chi connectivity index (χ1v) is 16.2. The van der Waals surface area contributed by atoms with Crippen LogP contribution in [0.15, 0.2) is 41.2 Å². The van der Waals surface area contributed by atoms with Crippen LogP contribution in [0, 0.1) is 11.7 Å². The number of hydrogen-bond donors (Lipinski definition) is 2. The van der Waals surface area contributed by atoms with E-state index in [4.69, 9.17) is 10.5 Å². The fraction of sp³-hybridized carbons (Fsp3) is 0.548. The van der Waals surface area contributed by atoms with Gasteiger partial charge in [-0.25, -0.2) is 9.37 Å². The second-order valence-electron chi connectivity index (χ2n) is 12.1. The lowest BCUT2D eigenvalue weighted by molar-refractivity contribution is -0.147. The molecule has 0 unspecified atom stereocenters. The molecule has 0 spiro atoms. The molecular formula is C31H38F4N6O2S. The van der Waals surface area contributed by atoms with Crippen LogP contribution in [0.3, 0.4) is 0 Å². The highest BCUT2D eigenvalue weighted by atomic mass is 32.2. The molecule has 2 aromatic carbocycles. The van der Waals surface area contributed by atoms with Crippen molar-refractivity contribution in [2.24, 2.45) is 5.92 Å². The lowest BCUT2D eigenvalue weighted by atomic mass is 9.79. The Bertz CT molecular complexity index is 1480. The van der Waals surface area contributed by atoms with Gasteiger partial charge < -0.3 is 20.4 Å². The van der Waals surface area contributed by atoms with Crippen LogP contribution in [0.25, 0.3) is 10.9 Å². The predicted octanol–water partition coefficient (Wildman–Crippen LogP) is 4.88. The monoisotopic (exact) mass is 634 g/mol. The highest BCUT2D eigenvalue weighted by Crippen LogP contribution is 2.34. The number of anilines is 2. The molecule has 1 aliphatic carbocycles. The third kappa shape index (κ3) is 7.60. The van der Waals surface area contributed by atoms with Crippen LogP contribution >= 0.6 is 11.8 Å². The quantitative estimate of drug-likeness (QED) is 0.254. The normalized spacial score (nSPS) is 22.3. The lowest BCUT2D eigenvalue weighted by Gasteiger charge is -2.46. The maximum Gasteiger partial charge on any atom is 0.401 e. The first-order valence-electron chi connectivity index (χ1n) is 15.2. The minimum Gasteiger partial charge on any atom is -0.493 e. The summed E-state index contributed by atoms with van der Waals surface area (Å²) in [4.78, 5) is 26.2. The molecule has 0 atom stereocenters. The van der Waals surface area contributed by atoms with Gasteiger partial charge in [0.1, 0.15) is 22.8 Å². The molecule has 3 N–H and O–H groups in total. The van der Waals surface area contributed by atoms with Crippen LogP contribution < -0.4 is 20.9 Å². The van der Waals surface area contributed by atoms with Crippen LogP contribution in [-0.4, -0.2) is 89.7 Å². The number of ether oxygens (including phenoxy) is 1. The Labute approximate surface area is 257 Å². The molecule has 238 valence electrons. The van der Waals surface area contributed by atoms with E-state index >= 15 is 0 Å². The van der Waals surface area contributed by atoms with E-state index in [1.807, 2.05) is 12.1 Å². The van der Waals surface area contributed by atoms with Crippen molar-refractivity contribution in [1.29, 1.82) is 0 Å². The zero-order valence-corrected chi connectivity index (χ0v) is 25.3. The SMILES string of the molecule is Nc1ccc(N2CCN([C@H]3C[C@H](COc4cc(F)c5c(=O)[nH]c(CSC6CCN(CC(F)(F)F)CC6)nc5c4)C3)CC2)cc1. The van der Waals surface area contributed by atoms with Gasteiger partial charge in [-0.2, -0.15) is 24.9 Å². The van der Waals surface area contributed by atoms with E-state index in [1.165, 1.54) is 16.7 Å². The van der Waals surface area contributed by atoms with Crippen molar-refractivity contribution >= 4 is 34.0 Å². The zero-order valence-electron chi connectivity index (χ0n) is 24.5. The topological polar surface area (TPSA) is 90.7 Å². The van der Waals surface area contributed by atoms with Crippen LogP contribution in [0.1, 0.15) is 31.5 Å². The Morgan fingerprint density at radius 1 is 1.02 bits per heavy atom. The van der Waals surface area contributed by atoms with Gasteiger partial charge in [-0.1, -0.05) is 0 Å². The molecule has 3 fully saturated rings. The second-order valence-corrected chi connectivity index (χ2v) is 13.4. The van der Waals surface area contributed by atoms with Gasteiger partial charge in [0, 0.05) is 61.0 Å². The van der Waals surface area contributed by atoms with E-state index in [9.17, 15) is 22.4 Å². The summed E-state index contributed by atoms with van der Waals surface area (Å²) >= 11 is 1.56. The molecule has 13 heteroatoms. The number of likely N-dealkylation sites (tertiary alicyclic amines) is 1. The van der Waals surface area contributed by atoms with Crippen LogP contribution in [-0.2, 0) is 5.75 Å². The average molecular weight is 635 g/mol. The number of piperidine rings is 1. The summed E-state index contributed by atoms with van der Waals surface area (Å²) in [7, 11) is 0.